The van der Waals surface area contributed by atoms with Gasteiger partial charge in [-0.2, -0.15) is 4.31 Å². The molecule has 108 valence electrons. The average molecular weight is 376 g/mol. The summed E-state index contributed by atoms with van der Waals surface area (Å²) in [6.07, 6.45) is 0. The third-order valence-electron chi connectivity index (χ3n) is 2.77. The number of halogens is 1. The van der Waals surface area contributed by atoms with Crippen molar-refractivity contribution in [2.45, 2.75) is 10.8 Å². The highest BCUT2D eigenvalue weighted by molar-refractivity contribution is 9.10. The molecule has 2 aromatic rings. The van der Waals surface area contributed by atoms with Crippen LogP contribution in [0.3, 0.4) is 0 Å². The van der Waals surface area contributed by atoms with Crippen LogP contribution in [0.2, 0.25) is 0 Å². The first-order chi connectivity index (χ1) is 9.45. The molecule has 4 nitrogen and oxygen atoms in total. The Labute approximate surface area is 131 Å². The quantitative estimate of drug-likeness (QED) is 0.804. The van der Waals surface area contributed by atoms with E-state index >= 15 is 0 Å². The van der Waals surface area contributed by atoms with Crippen molar-refractivity contribution < 1.29 is 13.2 Å². The molecule has 0 spiro atoms. The summed E-state index contributed by atoms with van der Waals surface area (Å²) in [5.74, 6) is 0.714. The lowest BCUT2D eigenvalue weighted by Gasteiger charge is -2.17. The highest BCUT2D eigenvalue weighted by Gasteiger charge is 2.24. The number of ether oxygens (including phenoxy) is 1. The van der Waals surface area contributed by atoms with Crippen molar-refractivity contribution in [1.29, 1.82) is 0 Å². The first kappa shape index (κ1) is 15.5. The summed E-state index contributed by atoms with van der Waals surface area (Å²) in [6, 6.07) is 9.11. The van der Waals surface area contributed by atoms with Gasteiger partial charge in [0.2, 0.25) is 0 Å². The van der Waals surface area contributed by atoms with Crippen LogP contribution in [-0.2, 0) is 16.6 Å². The second-order valence-corrected chi connectivity index (χ2v) is 8.18. The van der Waals surface area contributed by atoms with Gasteiger partial charge in [0.05, 0.1) is 7.11 Å². The van der Waals surface area contributed by atoms with E-state index in [-0.39, 0.29) is 0 Å². The zero-order valence-electron chi connectivity index (χ0n) is 11.0. The van der Waals surface area contributed by atoms with E-state index in [2.05, 4.69) is 15.9 Å². The molecule has 0 unspecified atom stereocenters. The Morgan fingerprint density at radius 3 is 2.70 bits per heavy atom. The van der Waals surface area contributed by atoms with Crippen LogP contribution in [-0.4, -0.2) is 26.9 Å². The molecule has 0 saturated carbocycles. The standard InChI is InChI=1S/C13H14BrNO3S2/c1-15(9-10-4-3-5-11(8-10)18-2)20(16,17)13-12(14)6-7-19-13/h3-8H,9H2,1-2H3. The maximum Gasteiger partial charge on any atom is 0.253 e. The van der Waals surface area contributed by atoms with Gasteiger partial charge in [0.25, 0.3) is 10.0 Å². The highest BCUT2D eigenvalue weighted by Crippen LogP contribution is 2.30. The Morgan fingerprint density at radius 1 is 1.35 bits per heavy atom. The SMILES string of the molecule is COc1cccc(CN(C)S(=O)(=O)c2sccc2Br)c1. The molecule has 0 aliphatic rings. The number of methoxy groups -OCH3 is 1. The Hall–Kier alpha value is -0.890. The molecule has 1 aromatic carbocycles. The highest BCUT2D eigenvalue weighted by atomic mass is 79.9. The lowest BCUT2D eigenvalue weighted by Crippen LogP contribution is -2.26. The molecular weight excluding hydrogens is 362 g/mol. The third-order valence-corrected chi connectivity index (χ3v) is 7.22. The lowest BCUT2D eigenvalue weighted by molar-refractivity contribution is 0.412. The molecule has 0 fully saturated rings. The monoisotopic (exact) mass is 375 g/mol. The molecule has 20 heavy (non-hydrogen) atoms. The van der Waals surface area contributed by atoms with Gasteiger partial charge in [0.1, 0.15) is 9.96 Å². The molecule has 0 atom stereocenters. The molecule has 1 heterocycles. The van der Waals surface area contributed by atoms with Gasteiger partial charge in [0, 0.05) is 18.1 Å². The van der Waals surface area contributed by atoms with Crippen LogP contribution in [0.4, 0.5) is 0 Å². The van der Waals surface area contributed by atoms with Crippen LogP contribution in [0.25, 0.3) is 0 Å². The van der Waals surface area contributed by atoms with Crippen molar-refractivity contribution in [2.24, 2.45) is 0 Å². The summed E-state index contributed by atoms with van der Waals surface area (Å²) in [6.45, 7) is 0.296. The molecule has 0 aliphatic heterocycles. The first-order valence-corrected chi connectivity index (χ1v) is 8.88. The fourth-order valence-corrected chi connectivity index (χ4v) is 5.38. The Morgan fingerprint density at radius 2 is 2.10 bits per heavy atom. The zero-order chi connectivity index (χ0) is 14.8. The number of nitrogens with zero attached hydrogens (tertiary/aromatic N) is 1. The van der Waals surface area contributed by atoms with Gasteiger partial charge < -0.3 is 4.74 Å². The van der Waals surface area contributed by atoms with Crippen molar-refractivity contribution in [3.8, 4) is 5.75 Å². The van der Waals surface area contributed by atoms with Crippen molar-refractivity contribution >= 4 is 37.3 Å². The number of thiophene rings is 1. The fraction of sp³-hybridized carbons (Fsp3) is 0.231. The first-order valence-electron chi connectivity index (χ1n) is 5.77. The summed E-state index contributed by atoms with van der Waals surface area (Å²) in [4.78, 5) is 0. The van der Waals surface area contributed by atoms with Crippen molar-refractivity contribution in [3.63, 3.8) is 0 Å². The van der Waals surface area contributed by atoms with Crippen molar-refractivity contribution in [2.75, 3.05) is 14.2 Å². The molecule has 1 aromatic heterocycles. The largest absolute Gasteiger partial charge is 0.497 e. The molecule has 0 N–H and O–H groups in total. The summed E-state index contributed by atoms with van der Waals surface area (Å²) < 4.78 is 32.3. The van der Waals surface area contributed by atoms with Crippen molar-refractivity contribution in [3.05, 3.63) is 45.7 Å². The van der Waals surface area contributed by atoms with Crippen LogP contribution < -0.4 is 4.74 Å². The van der Waals surface area contributed by atoms with Crippen LogP contribution in [0.15, 0.2) is 44.4 Å². The number of hydrogen-bond donors (Lipinski definition) is 0. The van der Waals surface area contributed by atoms with E-state index in [0.717, 1.165) is 5.56 Å². The second-order valence-electron chi connectivity index (χ2n) is 4.17. The number of rotatable bonds is 5. The molecule has 2 rings (SSSR count). The van der Waals surface area contributed by atoms with Crippen LogP contribution in [0.1, 0.15) is 5.56 Å². The van der Waals surface area contributed by atoms with Gasteiger partial charge in [-0.05, 0) is 45.1 Å². The van der Waals surface area contributed by atoms with Crippen LogP contribution in [0.5, 0.6) is 5.75 Å². The topological polar surface area (TPSA) is 46.6 Å². The molecule has 7 heteroatoms. The molecule has 0 bridgehead atoms. The normalized spacial score (nSPS) is 11.8. The molecule has 0 radical (unpaired) electrons. The number of benzene rings is 1. The van der Waals surface area contributed by atoms with Crippen LogP contribution >= 0.6 is 27.3 Å². The minimum absolute atomic E-state index is 0.296. The smallest absolute Gasteiger partial charge is 0.253 e. The van der Waals surface area contributed by atoms with Crippen LogP contribution in [0, 0.1) is 0 Å². The van der Waals surface area contributed by atoms with E-state index in [9.17, 15) is 8.42 Å². The van der Waals surface area contributed by atoms with E-state index in [1.165, 1.54) is 15.6 Å². The lowest BCUT2D eigenvalue weighted by atomic mass is 10.2. The molecule has 0 saturated heterocycles. The predicted molar refractivity (Wildman–Crippen MR) is 83.7 cm³/mol. The summed E-state index contributed by atoms with van der Waals surface area (Å²) in [5, 5.41) is 1.75. The summed E-state index contributed by atoms with van der Waals surface area (Å²) >= 11 is 4.47. The van der Waals surface area contributed by atoms with Gasteiger partial charge in [-0.15, -0.1) is 11.3 Å². The molecule has 0 amide bonds. The fourth-order valence-electron chi connectivity index (χ4n) is 1.72. The average Bonchev–Trinajstić information content (AvgIpc) is 2.86. The van der Waals surface area contributed by atoms with Crippen molar-refractivity contribution in [1.82, 2.24) is 4.31 Å². The van der Waals surface area contributed by atoms with E-state index in [4.69, 9.17) is 4.74 Å². The Kier molecular flexibility index (Phi) is 4.85. The van der Waals surface area contributed by atoms with Gasteiger partial charge in [0.15, 0.2) is 0 Å². The van der Waals surface area contributed by atoms with Gasteiger partial charge in [-0.3, -0.25) is 0 Å². The Balaban J connectivity index is 2.23. The summed E-state index contributed by atoms with van der Waals surface area (Å²) in [5.41, 5.74) is 0.878. The van der Waals surface area contributed by atoms with E-state index in [0.29, 0.717) is 21.0 Å². The van der Waals surface area contributed by atoms with Gasteiger partial charge >= 0.3 is 0 Å². The van der Waals surface area contributed by atoms with E-state index < -0.39 is 10.0 Å². The predicted octanol–water partition coefficient (Wildman–Crippen LogP) is 3.34. The molecular formula is C13H14BrNO3S2. The second kappa shape index (κ2) is 6.26. The zero-order valence-corrected chi connectivity index (χ0v) is 14.3. The Bertz CT molecular complexity index is 697. The summed E-state index contributed by atoms with van der Waals surface area (Å²) in [7, 11) is -0.324. The maximum atomic E-state index is 12.4. The minimum atomic E-state index is -3.48. The maximum absolute atomic E-state index is 12.4. The third kappa shape index (κ3) is 3.22. The number of sulfonamides is 1. The van der Waals surface area contributed by atoms with E-state index in [1.807, 2.05) is 24.3 Å². The number of hydrogen-bond acceptors (Lipinski definition) is 4. The molecule has 0 aliphatic carbocycles. The minimum Gasteiger partial charge on any atom is -0.497 e. The van der Waals surface area contributed by atoms with Gasteiger partial charge in [-0.1, -0.05) is 12.1 Å². The van der Waals surface area contributed by atoms with Gasteiger partial charge in [-0.25, -0.2) is 8.42 Å². The van der Waals surface area contributed by atoms with E-state index in [1.54, 1.807) is 25.6 Å².